The van der Waals surface area contributed by atoms with Gasteiger partial charge in [0.2, 0.25) is 0 Å². The molecule has 1 aromatic carbocycles. The molecule has 0 amide bonds. The number of hydrogen-bond donors (Lipinski definition) is 0. The van der Waals surface area contributed by atoms with Gasteiger partial charge in [-0.2, -0.15) is 0 Å². The summed E-state index contributed by atoms with van der Waals surface area (Å²) in [5, 5.41) is 0. The van der Waals surface area contributed by atoms with Crippen molar-refractivity contribution in [2.75, 3.05) is 0 Å². The second-order valence-corrected chi connectivity index (χ2v) is 10.3. The van der Waals surface area contributed by atoms with Gasteiger partial charge in [0.1, 0.15) is 0 Å². The van der Waals surface area contributed by atoms with Gasteiger partial charge < -0.3 is 0 Å². The largest absolute Gasteiger partial charge is 0.0776 e. The Kier molecular flexibility index (Phi) is 6.66. The van der Waals surface area contributed by atoms with E-state index in [4.69, 9.17) is 0 Å². The SMILES string of the molecule is C.CC[Si](CC)(CC)C(C)c1ccccc1. The van der Waals surface area contributed by atoms with Gasteiger partial charge in [-0.3, -0.25) is 0 Å². The molecule has 0 spiro atoms. The highest BCUT2D eigenvalue weighted by molar-refractivity contribution is 6.80. The van der Waals surface area contributed by atoms with Gasteiger partial charge in [0.25, 0.3) is 0 Å². The van der Waals surface area contributed by atoms with Crippen LogP contribution in [0.5, 0.6) is 0 Å². The van der Waals surface area contributed by atoms with Crippen LogP contribution in [0.15, 0.2) is 30.3 Å². The van der Waals surface area contributed by atoms with Crippen LogP contribution in [-0.4, -0.2) is 8.07 Å². The van der Waals surface area contributed by atoms with Crippen molar-refractivity contribution in [1.82, 2.24) is 0 Å². The second-order valence-electron chi connectivity index (χ2n) is 4.56. The Hall–Kier alpha value is -0.563. The summed E-state index contributed by atoms with van der Waals surface area (Å²) >= 11 is 0. The van der Waals surface area contributed by atoms with Gasteiger partial charge in [-0.15, -0.1) is 0 Å². The van der Waals surface area contributed by atoms with Crippen molar-refractivity contribution in [1.29, 1.82) is 0 Å². The number of hydrogen-bond acceptors (Lipinski definition) is 0. The van der Waals surface area contributed by atoms with Crippen LogP contribution in [0.25, 0.3) is 0 Å². The normalized spacial score (nSPS) is 13.0. The lowest BCUT2D eigenvalue weighted by Gasteiger charge is -2.35. The molecule has 1 unspecified atom stereocenters. The zero-order valence-corrected chi connectivity index (χ0v) is 11.6. The van der Waals surface area contributed by atoms with Gasteiger partial charge in [0.05, 0.1) is 8.07 Å². The zero-order chi connectivity index (χ0) is 11.3. The third kappa shape index (κ3) is 2.97. The average Bonchev–Trinajstić information content (AvgIpc) is 2.33. The molecule has 0 nitrogen and oxygen atoms in total. The van der Waals surface area contributed by atoms with Crippen LogP contribution in [0.1, 0.15) is 46.2 Å². The Morgan fingerprint density at radius 3 is 1.75 bits per heavy atom. The van der Waals surface area contributed by atoms with Crippen LogP contribution in [0.2, 0.25) is 18.1 Å². The molecule has 0 heterocycles. The van der Waals surface area contributed by atoms with E-state index in [1.54, 1.807) is 5.56 Å². The molecular weight excluding hydrogens is 208 g/mol. The quantitative estimate of drug-likeness (QED) is 0.594. The lowest BCUT2D eigenvalue weighted by Crippen LogP contribution is -2.38. The van der Waals surface area contributed by atoms with Gasteiger partial charge in [0.15, 0.2) is 0 Å². The first-order chi connectivity index (χ1) is 7.20. The Labute approximate surface area is 103 Å². The van der Waals surface area contributed by atoms with Gasteiger partial charge in [0, 0.05) is 0 Å². The lowest BCUT2D eigenvalue weighted by atomic mass is 10.2. The van der Waals surface area contributed by atoms with E-state index in [0.717, 1.165) is 5.54 Å². The summed E-state index contributed by atoms with van der Waals surface area (Å²) in [6, 6.07) is 15.3. The van der Waals surface area contributed by atoms with Crippen LogP contribution in [-0.2, 0) is 0 Å². The molecule has 1 rings (SSSR count). The Balaban J connectivity index is 0.00000225. The smallest absolute Gasteiger partial charge is 0.0601 e. The summed E-state index contributed by atoms with van der Waals surface area (Å²) in [5.41, 5.74) is 2.36. The fraction of sp³-hybridized carbons (Fsp3) is 0.600. The molecule has 0 aliphatic rings. The van der Waals surface area contributed by atoms with Crippen molar-refractivity contribution in [3.05, 3.63) is 35.9 Å². The van der Waals surface area contributed by atoms with Crippen molar-refractivity contribution in [2.24, 2.45) is 0 Å². The topological polar surface area (TPSA) is 0 Å². The summed E-state index contributed by atoms with van der Waals surface area (Å²) in [6.07, 6.45) is 0. The summed E-state index contributed by atoms with van der Waals surface area (Å²) in [4.78, 5) is 0. The first-order valence-electron chi connectivity index (χ1n) is 6.25. The first-order valence-corrected chi connectivity index (χ1v) is 8.95. The molecule has 0 fully saturated rings. The van der Waals surface area contributed by atoms with Crippen LogP contribution in [0.3, 0.4) is 0 Å². The maximum atomic E-state index is 2.44. The van der Waals surface area contributed by atoms with Gasteiger partial charge in [-0.1, -0.05) is 83.6 Å². The average molecular weight is 236 g/mol. The predicted octanol–water partition coefficient (Wildman–Crippen LogP) is 5.47. The molecule has 0 radical (unpaired) electrons. The minimum absolute atomic E-state index is 0. The molecule has 0 aliphatic heterocycles. The van der Waals surface area contributed by atoms with Crippen LogP contribution in [0.4, 0.5) is 0 Å². The van der Waals surface area contributed by atoms with Crippen molar-refractivity contribution < 1.29 is 0 Å². The molecular formula is C15H28Si. The van der Waals surface area contributed by atoms with Crippen LogP contribution >= 0.6 is 0 Å². The van der Waals surface area contributed by atoms with Crippen molar-refractivity contribution in [2.45, 2.75) is 58.8 Å². The Bertz CT molecular complexity index is 266. The monoisotopic (exact) mass is 236 g/mol. The molecule has 1 heteroatoms. The van der Waals surface area contributed by atoms with E-state index in [0.29, 0.717) is 0 Å². The van der Waals surface area contributed by atoms with Gasteiger partial charge in [-0.25, -0.2) is 0 Å². The Morgan fingerprint density at radius 1 is 0.938 bits per heavy atom. The highest BCUT2D eigenvalue weighted by Gasteiger charge is 2.33. The minimum atomic E-state index is -1.06. The lowest BCUT2D eigenvalue weighted by molar-refractivity contribution is 0.944. The van der Waals surface area contributed by atoms with E-state index in [2.05, 4.69) is 58.0 Å². The number of benzene rings is 1. The molecule has 1 aromatic rings. The molecule has 16 heavy (non-hydrogen) atoms. The molecule has 0 N–H and O–H groups in total. The molecule has 0 aromatic heterocycles. The summed E-state index contributed by atoms with van der Waals surface area (Å²) < 4.78 is 0. The van der Waals surface area contributed by atoms with E-state index in [9.17, 15) is 0 Å². The molecule has 0 aliphatic carbocycles. The van der Waals surface area contributed by atoms with E-state index in [-0.39, 0.29) is 7.43 Å². The maximum Gasteiger partial charge on any atom is 0.0601 e. The van der Waals surface area contributed by atoms with E-state index in [1.807, 2.05) is 0 Å². The van der Waals surface area contributed by atoms with Gasteiger partial charge >= 0.3 is 0 Å². The zero-order valence-electron chi connectivity index (χ0n) is 10.6. The first kappa shape index (κ1) is 15.4. The van der Waals surface area contributed by atoms with E-state index >= 15 is 0 Å². The maximum absolute atomic E-state index is 2.44. The van der Waals surface area contributed by atoms with Crippen LogP contribution in [0, 0.1) is 0 Å². The van der Waals surface area contributed by atoms with E-state index < -0.39 is 8.07 Å². The molecule has 0 bridgehead atoms. The number of rotatable bonds is 5. The summed E-state index contributed by atoms with van der Waals surface area (Å²) in [5.74, 6) is 0. The fourth-order valence-electron chi connectivity index (χ4n) is 2.76. The fourth-order valence-corrected chi connectivity index (χ4v) is 7.00. The standard InChI is InChI=1S/C14H24Si.CH4/c1-5-15(6-2,7-3)13(4)14-11-9-8-10-12-14;/h8-13H,5-7H2,1-4H3;1H4. The van der Waals surface area contributed by atoms with Crippen molar-refractivity contribution in [3.8, 4) is 0 Å². The van der Waals surface area contributed by atoms with Gasteiger partial charge in [-0.05, 0) is 11.1 Å². The highest BCUT2D eigenvalue weighted by Crippen LogP contribution is 2.35. The van der Waals surface area contributed by atoms with Crippen molar-refractivity contribution >= 4 is 8.07 Å². The molecule has 92 valence electrons. The summed E-state index contributed by atoms with van der Waals surface area (Å²) in [7, 11) is -1.06. The van der Waals surface area contributed by atoms with Crippen LogP contribution < -0.4 is 0 Å². The molecule has 1 atom stereocenters. The Morgan fingerprint density at radius 2 is 1.38 bits per heavy atom. The van der Waals surface area contributed by atoms with E-state index in [1.165, 1.54) is 18.1 Å². The molecule has 0 saturated heterocycles. The second kappa shape index (κ2) is 6.90. The highest BCUT2D eigenvalue weighted by atomic mass is 28.3. The predicted molar refractivity (Wildman–Crippen MR) is 78.8 cm³/mol. The minimum Gasteiger partial charge on any atom is -0.0776 e. The van der Waals surface area contributed by atoms with Crippen molar-refractivity contribution in [3.63, 3.8) is 0 Å². The third-order valence-electron chi connectivity index (χ3n) is 4.33. The molecule has 0 saturated carbocycles. The third-order valence-corrected chi connectivity index (χ3v) is 10.7. The summed E-state index contributed by atoms with van der Waals surface area (Å²) in [6.45, 7) is 9.61.